The summed E-state index contributed by atoms with van der Waals surface area (Å²) in [6.07, 6.45) is 6.76. The van der Waals surface area contributed by atoms with Crippen LogP contribution in [0.5, 0.6) is 0 Å². The van der Waals surface area contributed by atoms with Crippen molar-refractivity contribution >= 4 is 29.6 Å². The van der Waals surface area contributed by atoms with Gasteiger partial charge in [0.15, 0.2) is 5.78 Å². The highest BCUT2D eigenvalue weighted by Gasteiger charge is 2.28. The predicted octanol–water partition coefficient (Wildman–Crippen LogP) is 4.77. The van der Waals surface area contributed by atoms with Gasteiger partial charge >= 0.3 is 5.97 Å². The maximum absolute atomic E-state index is 12.5. The lowest BCUT2D eigenvalue weighted by Gasteiger charge is -2.22. The SMILES string of the molecule is C/C=C(/CC(N=C(C)C1=C(O)CC(C)CC1=O)C(=NCC)OC(C)=O)N=CCCC. The zero-order valence-corrected chi connectivity index (χ0v) is 19.1. The van der Waals surface area contributed by atoms with Gasteiger partial charge in [-0.25, -0.2) is 0 Å². The Hall–Kier alpha value is -2.57. The Balaban J connectivity index is 3.36. The van der Waals surface area contributed by atoms with Crippen molar-refractivity contribution < 1.29 is 19.4 Å². The van der Waals surface area contributed by atoms with Crippen LogP contribution in [-0.2, 0) is 14.3 Å². The lowest BCUT2D eigenvalue weighted by atomic mass is 9.86. The van der Waals surface area contributed by atoms with Crippen LogP contribution in [0, 0.1) is 5.92 Å². The first-order valence-corrected chi connectivity index (χ1v) is 10.6. The summed E-state index contributed by atoms with van der Waals surface area (Å²) in [6, 6.07) is -0.633. The van der Waals surface area contributed by atoms with Crippen LogP contribution in [0.15, 0.2) is 38.1 Å². The van der Waals surface area contributed by atoms with E-state index in [2.05, 4.69) is 21.9 Å². The Morgan fingerprint density at radius 2 is 2.00 bits per heavy atom. The second-order valence-electron chi connectivity index (χ2n) is 7.48. The Kier molecular flexibility index (Phi) is 10.9. The van der Waals surface area contributed by atoms with Crippen molar-refractivity contribution in [1.29, 1.82) is 0 Å². The Morgan fingerprint density at radius 1 is 1.30 bits per heavy atom. The molecule has 0 aromatic heterocycles. The second-order valence-corrected chi connectivity index (χ2v) is 7.48. The summed E-state index contributed by atoms with van der Waals surface area (Å²) in [5.74, 6) is -0.259. The van der Waals surface area contributed by atoms with E-state index in [1.165, 1.54) is 6.92 Å². The number of nitrogens with zero attached hydrogens (tertiary/aromatic N) is 3. The molecule has 1 rings (SSSR count). The van der Waals surface area contributed by atoms with E-state index in [1.54, 1.807) is 6.92 Å². The van der Waals surface area contributed by atoms with Gasteiger partial charge in [-0.3, -0.25) is 24.6 Å². The number of allylic oxidation sites excluding steroid dienone is 3. The van der Waals surface area contributed by atoms with E-state index < -0.39 is 12.0 Å². The van der Waals surface area contributed by atoms with Crippen LogP contribution in [0.4, 0.5) is 0 Å². The highest BCUT2D eigenvalue weighted by molar-refractivity contribution is 6.22. The summed E-state index contributed by atoms with van der Waals surface area (Å²) in [7, 11) is 0. The van der Waals surface area contributed by atoms with Crippen LogP contribution in [0.3, 0.4) is 0 Å². The van der Waals surface area contributed by atoms with E-state index >= 15 is 0 Å². The van der Waals surface area contributed by atoms with Crippen LogP contribution < -0.4 is 0 Å². The van der Waals surface area contributed by atoms with Gasteiger partial charge in [0.25, 0.3) is 0 Å². The maximum Gasteiger partial charge on any atom is 0.309 e. The fourth-order valence-electron chi connectivity index (χ4n) is 3.24. The Labute approximate surface area is 179 Å². The van der Waals surface area contributed by atoms with Crippen molar-refractivity contribution in [3.63, 3.8) is 0 Å². The van der Waals surface area contributed by atoms with Crippen molar-refractivity contribution in [1.82, 2.24) is 0 Å². The normalized spacial score (nSPS) is 20.1. The number of hydrogen-bond acceptors (Lipinski definition) is 7. The second kappa shape index (κ2) is 12.9. The van der Waals surface area contributed by atoms with Crippen LogP contribution in [0.2, 0.25) is 0 Å². The van der Waals surface area contributed by atoms with Gasteiger partial charge in [-0.05, 0) is 33.1 Å². The number of esters is 1. The topological polar surface area (TPSA) is 101 Å². The van der Waals surface area contributed by atoms with Gasteiger partial charge in [-0.2, -0.15) is 0 Å². The predicted molar refractivity (Wildman–Crippen MR) is 121 cm³/mol. The molecule has 0 saturated carbocycles. The quantitative estimate of drug-likeness (QED) is 0.331. The molecular formula is C23H35N3O4. The third-order valence-corrected chi connectivity index (χ3v) is 4.61. The van der Waals surface area contributed by atoms with Gasteiger partial charge in [0.1, 0.15) is 11.8 Å². The molecule has 0 aliphatic heterocycles. The molecule has 0 fully saturated rings. The molecule has 0 radical (unpaired) electrons. The minimum absolute atomic E-state index is 0.0624. The van der Waals surface area contributed by atoms with Crippen molar-refractivity contribution in [2.75, 3.05) is 6.54 Å². The zero-order chi connectivity index (χ0) is 22.7. The smallest absolute Gasteiger partial charge is 0.309 e. The van der Waals surface area contributed by atoms with Crippen molar-refractivity contribution in [3.05, 3.63) is 23.1 Å². The van der Waals surface area contributed by atoms with Gasteiger partial charge in [0, 0.05) is 50.4 Å². The van der Waals surface area contributed by atoms with Gasteiger partial charge in [-0.15, -0.1) is 0 Å². The maximum atomic E-state index is 12.5. The van der Waals surface area contributed by atoms with Gasteiger partial charge < -0.3 is 9.84 Å². The molecule has 0 heterocycles. The number of unbranched alkanes of at least 4 members (excludes halogenated alkanes) is 1. The summed E-state index contributed by atoms with van der Waals surface area (Å²) in [4.78, 5) is 37.6. The molecule has 7 heteroatoms. The molecule has 0 aromatic carbocycles. The lowest BCUT2D eigenvalue weighted by Crippen LogP contribution is -2.28. The van der Waals surface area contributed by atoms with Crippen molar-refractivity contribution in [2.45, 2.75) is 79.7 Å². The number of carbonyl (C=O) groups is 2. The molecule has 166 valence electrons. The van der Waals surface area contributed by atoms with Gasteiger partial charge in [0.2, 0.25) is 5.90 Å². The lowest BCUT2D eigenvalue weighted by molar-refractivity contribution is -0.133. The zero-order valence-electron chi connectivity index (χ0n) is 19.1. The molecule has 2 unspecified atom stereocenters. The molecule has 7 nitrogen and oxygen atoms in total. The highest BCUT2D eigenvalue weighted by Crippen LogP contribution is 2.26. The van der Waals surface area contributed by atoms with Crippen LogP contribution in [-0.4, -0.2) is 47.3 Å². The molecule has 30 heavy (non-hydrogen) atoms. The monoisotopic (exact) mass is 417 g/mol. The number of Topliss-reactive ketones (excluding diaryl/α,β-unsaturated/α-hetero) is 1. The molecule has 2 atom stereocenters. The molecule has 0 aromatic rings. The van der Waals surface area contributed by atoms with Crippen molar-refractivity contribution in [2.24, 2.45) is 20.9 Å². The number of aliphatic hydroxyl groups is 1. The summed E-state index contributed by atoms with van der Waals surface area (Å²) >= 11 is 0. The number of rotatable bonds is 9. The molecule has 1 aliphatic rings. The van der Waals surface area contributed by atoms with Gasteiger partial charge in [0.05, 0.1) is 5.57 Å². The van der Waals surface area contributed by atoms with Crippen LogP contribution in [0.1, 0.15) is 73.6 Å². The van der Waals surface area contributed by atoms with E-state index in [0.29, 0.717) is 31.5 Å². The highest BCUT2D eigenvalue weighted by atomic mass is 16.5. The molecule has 0 saturated heterocycles. The van der Waals surface area contributed by atoms with E-state index in [4.69, 9.17) is 4.74 Å². The summed E-state index contributed by atoms with van der Waals surface area (Å²) < 4.78 is 5.34. The molecule has 0 amide bonds. The van der Waals surface area contributed by atoms with E-state index in [-0.39, 0.29) is 28.9 Å². The average Bonchev–Trinajstić information content (AvgIpc) is 2.65. The van der Waals surface area contributed by atoms with E-state index in [0.717, 1.165) is 18.5 Å². The molecule has 0 spiro atoms. The summed E-state index contributed by atoms with van der Waals surface area (Å²) in [5, 5.41) is 10.4. The molecule has 1 N–H and O–H groups in total. The fraction of sp³-hybridized carbons (Fsp3) is 0.609. The van der Waals surface area contributed by atoms with Crippen LogP contribution in [0.25, 0.3) is 0 Å². The Bertz CT molecular complexity index is 775. The number of ketones is 1. The molecule has 0 bridgehead atoms. The number of aliphatic hydroxyl groups excluding tert-OH is 1. The fourth-order valence-corrected chi connectivity index (χ4v) is 3.24. The number of hydrogen-bond donors (Lipinski definition) is 1. The molecule has 1 aliphatic carbocycles. The van der Waals surface area contributed by atoms with E-state index in [9.17, 15) is 14.7 Å². The number of aliphatic imine (C=N–C) groups is 3. The first-order chi connectivity index (χ1) is 14.2. The third-order valence-electron chi connectivity index (χ3n) is 4.61. The standard InChI is InChI=1S/C23H35N3O4/c1-7-10-11-25-18(8-2)14-19(23(24-9-3)30-17(6)27)26-16(5)22-20(28)12-15(4)13-21(22)29/h8,11,15,19,28H,7,9-10,12-14H2,1-6H3/b18-8-,24-23?,25-11?,26-16?. The number of ether oxygens (including phenoxy) is 1. The van der Waals surface area contributed by atoms with E-state index in [1.807, 2.05) is 33.1 Å². The summed E-state index contributed by atoms with van der Waals surface area (Å²) in [5.41, 5.74) is 1.45. The molecular weight excluding hydrogens is 382 g/mol. The summed E-state index contributed by atoms with van der Waals surface area (Å²) in [6.45, 7) is 11.2. The van der Waals surface area contributed by atoms with Crippen molar-refractivity contribution in [3.8, 4) is 0 Å². The minimum Gasteiger partial charge on any atom is -0.511 e. The number of carbonyl (C=O) groups excluding carboxylic acids is 2. The Morgan fingerprint density at radius 3 is 2.53 bits per heavy atom. The minimum atomic E-state index is -0.633. The largest absolute Gasteiger partial charge is 0.511 e. The first kappa shape index (κ1) is 25.5. The third kappa shape index (κ3) is 8.05. The van der Waals surface area contributed by atoms with Gasteiger partial charge in [-0.1, -0.05) is 26.3 Å². The van der Waals surface area contributed by atoms with Crippen LogP contribution >= 0.6 is 0 Å². The first-order valence-electron chi connectivity index (χ1n) is 10.6. The average molecular weight is 418 g/mol.